The van der Waals surface area contributed by atoms with Crippen molar-refractivity contribution >= 4 is 11.7 Å². The Kier molecular flexibility index (Phi) is 4.11. The summed E-state index contributed by atoms with van der Waals surface area (Å²) >= 11 is 0. The summed E-state index contributed by atoms with van der Waals surface area (Å²) in [6.07, 6.45) is -2.59. The summed E-state index contributed by atoms with van der Waals surface area (Å²) in [7, 11) is 0. The lowest BCUT2D eigenvalue weighted by molar-refractivity contribution is -0.141. The third-order valence-corrected chi connectivity index (χ3v) is 3.85. The molecule has 0 bridgehead atoms. The SMILES string of the molecule is CC1CCC(C)N(c2nc(C(F)(F)F)ccc2C(=N)N)C1. The number of amidine groups is 1. The van der Waals surface area contributed by atoms with Crippen LogP contribution in [0.4, 0.5) is 19.0 Å². The molecule has 1 aliphatic heterocycles. The van der Waals surface area contributed by atoms with Crippen molar-refractivity contribution in [2.75, 3.05) is 11.4 Å². The predicted octanol–water partition coefficient (Wildman–Crippen LogP) is 3.01. The highest BCUT2D eigenvalue weighted by molar-refractivity contribution is 5.99. The molecular formula is C14H19F3N4. The Bertz CT molecular complexity index is 542. The first-order valence-corrected chi connectivity index (χ1v) is 6.89. The minimum absolute atomic E-state index is 0.0790. The van der Waals surface area contributed by atoms with E-state index in [1.807, 2.05) is 11.8 Å². The summed E-state index contributed by atoms with van der Waals surface area (Å²) in [4.78, 5) is 5.59. The van der Waals surface area contributed by atoms with Gasteiger partial charge in [-0.25, -0.2) is 4.98 Å². The molecule has 1 aliphatic rings. The number of nitrogens with one attached hydrogen (secondary N) is 1. The molecule has 1 fully saturated rings. The monoisotopic (exact) mass is 300 g/mol. The van der Waals surface area contributed by atoms with Crippen LogP contribution in [0.1, 0.15) is 37.9 Å². The Labute approximate surface area is 121 Å². The molecule has 0 aliphatic carbocycles. The number of hydrogen-bond acceptors (Lipinski definition) is 3. The first-order chi connectivity index (χ1) is 9.70. The lowest BCUT2D eigenvalue weighted by atomic mass is 9.94. The van der Waals surface area contributed by atoms with Crippen molar-refractivity contribution in [3.8, 4) is 0 Å². The van der Waals surface area contributed by atoms with Crippen LogP contribution in [0.3, 0.4) is 0 Å². The topological polar surface area (TPSA) is 66.0 Å². The molecule has 21 heavy (non-hydrogen) atoms. The largest absolute Gasteiger partial charge is 0.433 e. The van der Waals surface area contributed by atoms with Gasteiger partial charge in [0.25, 0.3) is 0 Å². The van der Waals surface area contributed by atoms with Crippen LogP contribution in [0.25, 0.3) is 0 Å². The highest BCUT2D eigenvalue weighted by Gasteiger charge is 2.35. The third-order valence-electron chi connectivity index (χ3n) is 3.85. The molecule has 4 nitrogen and oxygen atoms in total. The molecule has 7 heteroatoms. The quantitative estimate of drug-likeness (QED) is 0.652. The van der Waals surface area contributed by atoms with E-state index < -0.39 is 11.9 Å². The van der Waals surface area contributed by atoms with Crippen molar-refractivity contribution in [1.29, 1.82) is 5.41 Å². The molecule has 2 unspecified atom stereocenters. The van der Waals surface area contributed by atoms with Crippen LogP contribution in [0, 0.1) is 11.3 Å². The molecule has 2 rings (SSSR count). The Morgan fingerprint density at radius 3 is 2.57 bits per heavy atom. The number of piperidine rings is 1. The minimum atomic E-state index is -4.51. The van der Waals surface area contributed by atoms with Crippen LogP contribution in [-0.2, 0) is 6.18 Å². The zero-order valence-electron chi connectivity index (χ0n) is 12.0. The van der Waals surface area contributed by atoms with Gasteiger partial charge in [0, 0.05) is 12.6 Å². The number of hydrogen-bond donors (Lipinski definition) is 2. The van der Waals surface area contributed by atoms with Gasteiger partial charge >= 0.3 is 6.18 Å². The highest BCUT2D eigenvalue weighted by Crippen LogP contribution is 2.33. The molecule has 0 radical (unpaired) electrons. The standard InChI is InChI=1S/C14H19F3N4/c1-8-3-4-9(2)21(7-8)13-10(12(18)19)5-6-11(20-13)14(15,16)17/h5-6,8-9H,3-4,7H2,1-2H3,(H3,18,19). The van der Waals surface area contributed by atoms with Gasteiger partial charge in [-0.15, -0.1) is 0 Å². The minimum Gasteiger partial charge on any atom is -0.384 e. The molecular weight excluding hydrogens is 281 g/mol. The van der Waals surface area contributed by atoms with Gasteiger partial charge < -0.3 is 10.6 Å². The molecule has 2 atom stereocenters. The smallest absolute Gasteiger partial charge is 0.384 e. The summed E-state index contributed by atoms with van der Waals surface area (Å²) in [6.45, 7) is 4.63. The number of aromatic nitrogens is 1. The van der Waals surface area contributed by atoms with Crippen molar-refractivity contribution in [1.82, 2.24) is 4.98 Å². The van der Waals surface area contributed by atoms with Crippen LogP contribution >= 0.6 is 0 Å². The normalized spacial score (nSPS) is 23.2. The summed E-state index contributed by atoms with van der Waals surface area (Å²) in [5.74, 6) is 0.269. The maximum Gasteiger partial charge on any atom is 0.433 e. The van der Waals surface area contributed by atoms with E-state index in [0.717, 1.165) is 18.9 Å². The zero-order chi connectivity index (χ0) is 15.8. The maximum absolute atomic E-state index is 12.9. The van der Waals surface area contributed by atoms with Gasteiger partial charge in [0.15, 0.2) is 0 Å². The number of anilines is 1. The van der Waals surface area contributed by atoms with E-state index in [4.69, 9.17) is 11.1 Å². The van der Waals surface area contributed by atoms with Crippen molar-refractivity contribution in [3.05, 3.63) is 23.4 Å². The van der Waals surface area contributed by atoms with Gasteiger partial charge in [0.05, 0.1) is 5.56 Å². The average molecular weight is 300 g/mol. The third kappa shape index (κ3) is 3.28. The lowest BCUT2D eigenvalue weighted by Crippen LogP contribution is -2.43. The molecule has 1 saturated heterocycles. The maximum atomic E-state index is 12.9. The molecule has 0 aromatic carbocycles. The summed E-state index contributed by atoms with van der Waals surface area (Å²) in [5.41, 5.74) is 4.80. The van der Waals surface area contributed by atoms with Gasteiger partial charge in [-0.1, -0.05) is 6.92 Å². The van der Waals surface area contributed by atoms with E-state index in [0.29, 0.717) is 12.5 Å². The fourth-order valence-corrected chi connectivity index (χ4v) is 2.62. The number of pyridine rings is 1. The number of halogens is 3. The Balaban J connectivity index is 2.50. The fraction of sp³-hybridized carbons (Fsp3) is 0.571. The number of nitrogens with two attached hydrogens (primary N) is 1. The second kappa shape index (κ2) is 5.54. The predicted molar refractivity (Wildman–Crippen MR) is 75.5 cm³/mol. The molecule has 3 N–H and O–H groups in total. The van der Waals surface area contributed by atoms with Crippen molar-refractivity contribution in [3.63, 3.8) is 0 Å². The molecule has 1 aromatic heterocycles. The molecule has 116 valence electrons. The summed E-state index contributed by atoms with van der Waals surface area (Å²) < 4.78 is 38.6. The van der Waals surface area contributed by atoms with Crippen LogP contribution in [0.5, 0.6) is 0 Å². The van der Waals surface area contributed by atoms with E-state index in [1.165, 1.54) is 6.07 Å². The number of nitrogen functional groups attached to an aromatic ring is 1. The Morgan fingerprint density at radius 2 is 2.00 bits per heavy atom. The number of alkyl halides is 3. The highest BCUT2D eigenvalue weighted by atomic mass is 19.4. The van der Waals surface area contributed by atoms with Gasteiger partial charge in [-0.3, -0.25) is 5.41 Å². The van der Waals surface area contributed by atoms with Crippen LogP contribution in [0.15, 0.2) is 12.1 Å². The van der Waals surface area contributed by atoms with E-state index in [9.17, 15) is 13.2 Å². The molecule has 0 spiro atoms. The van der Waals surface area contributed by atoms with Crippen LogP contribution < -0.4 is 10.6 Å². The molecule has 0 saturated carbocycles. The van der Waals surface area contributed by atoms with Crippen LogP contribution in [0.2, 0.25) is 0 Å². The number of nitrogens with zero attached hydrogens (tertiary/aromatic N) is 2. The van der Waals surface area contributed by atoms with E-state index in [2.05, 4.69) is 11.9 Å². The van der Waals surface area contributed by atoms with Crippen molar-refractivity contribution < 1.29 is 13.2 Å². The zero-order valence-corrected chi connectivity index (χ0v) is 12.0. The van der Waals surface area contributed by atoms with E-state index in [1.54, 1.807) is 0 Å². The van der Waals surface area contributed by atoms with E-state index in [-0.39, 0.29) is 23.3 Å². The Morgan fingerprint density at radius 1 is 1.33 bits per heavy atom. The fourth-order valence-electron chi connectivity index (χ4n) is 2.62. The average Bonchev–Trinajstić information content (AvgIpc) is 2.39. The van der Waals surface area contributed by atoms with Gasteiger partial charge in [-0.2, -0.15) is 13.2 Å². The molecule has 1 aromatic rings. The van der Waals surface area contributed by atoms with E-state index >= 15 is 0 Å². The Hall–Kier alpha value is -1.79. The van der Waals surface area contributed by atoms with Gasteiger partial charge in [0.1, 0.15) is 17.3 Å². The lowest BCUT2D eigenvalue weighted by Gasteiger charge is -2.38. The second-order valence-electron chi connectivity index (χ2n) is 5.66. The van der Waals surface area contributed by atoms with Crippen LogP contribution in [-0.4, -0.2) is 23.4 Å². The first kappa shape index (κ1) is 15.6. The second-order valence-corrected chi connectivity index (χ2v) is 5.66. The number of rotatable bonds is 2. The van der Waals surface area contributed by atoms with Gasteiger partial charge in [0.2, 0.25) is 0 Å². The molecule has 2 heterocycles. The van der Waals surface area contributed by atoms with Crippen molar-refractivity contribution in [2.45, 2.75) is 38.9 Å². The van der Waals surface area contributed by atoms with Gasteiger partial charge in [-0.05, 0) is 37.8 Å². The molecule has 0 amide bonds. The first-order valence-electron chi connectivity index (χ1n) is 6.89. The summed E-state index contributed by atoms with van der Waals surface area (Å²) in [6, 6.07) is 2.19. The van der Waals surface area contributed by atoms with Crippen molar-refractivity contribution in [2.24, 2.45) is 11.7 Å². The summed E-state index contributed by atoms with van der Waals surface area (Å²) in [5, 5.41) is 7.57.